The number of carbonyl (C=O) groups is 3. The average molecular weight is 470 g/mol. The van der Waals surface area contributed by atoms with E-state index in [2.05, 4.69) is 22.3 Å². The van der Waals surface area contributed by atoms with E-state index in [1.807, 2.05) is 49.4 Å². The van der Waals surface area contributed by atoms with E-state index < -0.39 is 17.3 Å². The quantitative estimate of drug-likeness (QED) is 0.598. The first kappa shape index (κ1) is 24.6. The number of amides is 2. The monoisotopic (exact) mass is 469 g/mol. The lowest BCUT2D eigenvalue weighted by atomic mass is 10.2. The van der Waals surface area contributed by atoms with E-state index >= 15 is 0 Å². The van der Waals surface area contributed by atoms with Crippen LogP contribution in [0.2, 0.25) is 0 Å². The summed E-state index contributed by atoms with van der Waals surface area (Å²) in [5.74, 6) is -0.755. The number of rotatable bonds is 8. The Hall–Kier alpha value is -3.00. The molecule has 2 aromatic rings. The van der Waals surface area contributed by atoms with Crippen LogP contribution in [0, 0.1) is 6.92 Å². The second-order valence-corrected chi connectivity index (χ2v) is 9.42. The molecule has 8 heteroatoms. The summed E-state index contributed by atoms with van der Waals surface area (Å²) in [7, 11) is 0. The second kappa shape index (κ2) is 11.7. The maximum atomic E-state index is 12.8. The maximum Gasteiger partial charge on any atom is 0.319 e. The van der Waals surface area contributed by atoms with Gasteiger partial charge in [-0.3, -0.25) is 14.4 Å². The van der Waals surface area contributed by atoms with Crippen molar-refractivity contribution in [2.24, 2.45) is 0 Å². The zero-order valence-electron chi connectivity index (χ0n) is 19.3. The Balaban J connectivity index is 1.39. The van der Waals surface area contributed by atoms with E-state index in [1.165, 1.54) is 11.8 Å². The second-order valence-electron chi connectivity index (χ2n) is 8.09. The highest BCUT2D eigenvalue weighted by Gasteiger charge is 2.28. The topological polar surface area (TPSA) is 78.9 Å². The van der Waals surface area contributed by atoms with Crippen LogP contribution in [0.5, 0.6) is 0 Å². The van der Waals surface area contributed by atoms with Gasteiger partial charge in [-0.15, -0.1) is 11.8 Å². The molecular weight excluding hydrogens is 438 g/mol. The van der Waals surface area contributed by atoms with Gasteiger partial charge in [0.05, 0.1) is 5.75 Å². The lowest BCUT2D eigenvalue weighted by molar-refractivity contribution is -0.158. The van der Waals surface area contributed by atoms with Crippen molar-refractivity contribution in [3.8, 4) is 0 Å². The molecule has 0 radical (unpaired) electrons. The lowest BCUT2D eigenvalue weighted by Crippen LogP contribution is -2.51. The smallest absolute Gasteiger partial charge is 0.319 e. The number of para-hydroxylation sites is 1. The SMILES string of the molecule is Cc1ccc(NC(=O)CS[C@H](C)C(=O)O[C@H](C)C(=O)N2CCN(c3ccccc3)CC2)cc1. The average Bonchev–Trinajstić information content (AvgIpc) is 2.84. The Labute approximate surface area is 199 Å². The summed E-state index contributed by atoms with van der Waals surface area (Å²) >= 11 is 1.18. The van der Waals surface area contributed by atoms with Crippen LogP contribution in [0.4, 0.5) is 11.4 Å². The van der Waals surface area contributed by atoms with Crippen LogP contribution in [0.1, 0.15) is 19.4 Å². The zero-order chi connectivity index (χ0) is 23.8. The predicted octanol–water partition coefficient (Wildman–Crippen LogP) is 3.34. The van der Waals surface area contributed by atoms with E-state index in [9.17, 15) is 14.4 Å². The van der Waals surface area contributed by atoms with Gasteiger partial charge in [-0.1, -0.05) is 35.9 Å². The molecule has 1 heterocycles. The Kier molecular flexibility index (Phi) is 8.77. The van der Waals surface area contributed by atoms with E-state index in [4.69, 9.17) is 4.74 Å². The lowest BCUT2D eigenvalue weighted by Gasteiger charge is -2.37. The minimum Gasteiger partial charge on any atom is -0.452 e. The number of nitrogens with one attached hydrogen (secondary N) is 1. The molecule has 1 saturated heterocycles. The van der Waals surface area contributed by atoms with Crippen LogP contribution >= 0.6 is 11.8 Å². The fourth-order valence-corrected chi connectivity index (χ4v) is 4.17. The Morgan fingerprint density at radius 3 is 2.24 bits per heavy atom. The summed E-state index contributed by atoms with van der Waals surface area (Å²) in [5.41, 5.74) is 2.97. The molecule has 0 unspecified atom stereocenters. The number of esters is 1. The van der Waals surface area contributed by atoms with Gasteiger partial charge in [0.1, 0.15) is 5.25 Å². The van der Waals surface area contributed by atoms with Gasteiger partial charge < -0.3 is 19.9 Å². The molecule has 0 aliphatic carbocycles. The van der Waals surface area contributed by atoms with Crippen LogP contribution in [-0.2, 0) is 19.1 Å². The van der Waals surface area contributed by atoms with Gasteiger partial charge in [0.25, 0.3) is 5.91 Å². The van der Waals surface area contributed by atoms with Gasteiger partial charge >= 0.3 is 5.97 Å². The van der Waals surface area contributed by atoms with Gasteiger partial charge in [-0.2, -0.15) is 0 Å². The van der Waals surface area contributed by atoms with Crippen LogP contribution in [0.15, 0.2) is 54.6 Å². The number of thioether (sulfide) groups is 1. The van der Waals surface area contributed by atoms with Crippen LogP contribution in [-0.4, -0.2) is 66.0 Å². The summed E-state index contributed by atoms with van der Waals surface area (Å²) in [6.07, 6.45) is -0.856. The third-order valence-electron chi connectivity index (χ3n) is 5.49. The van der Waals surface area contributed by atoms with Crippen molar-refractivity contribution >= 4 is 40.9 Å². The predicted molar refractivity (Wildman–Crippen MR) is 133 cm³/mol. The minimum atomic E-state index is -0.856. The van der Waals surface area contributed by atoms with Crippen LogP contribution < -0.4 is 10.2 Å². The largest absolute Gasteiger partial charge is 0.452 e. The van der Waals surface area contributed by atoms with E-state index in [-0.39, 0.29) is 17.6 Å². The molecule has 3 rings (SSSR count). The molecule has 2 amide bonds. The molecule has 33 heavy (non-hydrogen) atoms. The highest BCUT2D eigenvalue weighted by molar-refractivity contribution is 8.01. The number of carbonyl (C=O) groups excluding carboxylic acids is 3. The molecule has 2 atom stereocenters. The molecule has 0 aromatic heterocycles. The first-order valence-electron chi connectivity index (χ1n) is 11.1. The number of aryl methyl sites for hydroxylation is 1. The Morgan fingerprint density at radius 1 is 0.970 bits per heavy atom. The normalized spacial score (nSPS) is 15.5. The number of benzene rings is 2. The molecule has 1 N–H and O–H groups in total. The first-order valence-corrected chi connectivity index (χ1v) is 12.2. The molecule has 1 aliphatic rings. The molecule has 2 aromatic carbocycles. The fraction of sp³-hybridized carbons (Fsp3) is 0.400. The number of ether oxygens (including phenoxy) is 1. The maximum absolute atomic E-state index is 12.8. The number of nitrogens with zero attached hydrogens (tertiary/aromatic N) is 2. The molecule has 7 nitrogen and oxygen atoms in total. The molecule has 1 fully saturated rings. The number of hydrogen-bond donors (Lipinski definition) is 1. The van der Waals surface area contributed by atoms with Crippen molar-refractivity contribution in [1.29, 1.82) is 0 Å². The fourth-order valence-electron chi connectivity index (χ4n) is 3.50. The summed E-state index contributed by atoms with van der Waals surface area (Å²) in [4.78, 5) is 41.3. The number of hydrogen-bond acceptors (Lipinski definition) is 6. The first-order chi connectivity index (χ1) is 15.8. The van der Waals surface area contributed by atoms with E-state index in [0.717, 1.165) is 24.3 Å². The van der Waals surface area contributed by atoms with Crippen LogP contribution in [0.25, 0.3) is 0 Å². The van der Waals surface area contributed by atoms with Crippen molar-refractivity contribution < 1.29 is 19.1 Å². The third kappa shape index (κ3) is 7.25. The molecule has 1 aliphatic heterocycles. The Bertz CT molecular complexity index is 944. The molecule has 0 saturated carbocycles. The van der Waals surface area contributed by atoms with E-state index in [1.54, 1.807) is 18.7 Å². The zero-order valence-corrected chi connectivity index (χ0v) is 20.1. The van der Waals surface area contributed by atoms with Crippen molar-refractivity contribution in [2.75, 3.05) is 42.1 Å². The highest BCUT2D eigenvalue weighted by atomic mass is 32.2. The molecule has 0 bridgehead atoms. The van der Waals surface area contributed by atoms with Gasteiger partial charge in [0.15, 0.2) is 6.10 Å². The van der Waals surface area contributed by atoms with Crippen molar-refractivity contribution in [1.82, 2.24) is 4.90 Å². The minimum absolute atomic E-state index is 0.119. The van der Waals surface area contributed by atoms with Gasteiger partial charge in [-0.05, 0) is 45.0 Å². The molecule has 0 spiro atoms. The third-order valence-corrected chi connectivity index (χ3v) is 6.61. The summed E-state index contributed by atoms with van der Waals surface area (Å²) < 4.78 is 5.41. The molecular formula is C25H31N3O4S. The van der Waals surface area contributed by atoms with Crippen molar-refractivity contribution in [2.45, 2.75) is 32.1 Å². The summed E-state index contributed by atoms with van der Waals surface area (Å²) in [5, 5.41) is 2.25. The molecule has 176 valence electrons. The van der Waals surface area contributed by atoms with Gasteiger partial charge in [-0.25, -0.2) is 0 Å². The van der Waals surface area contributed by atoms with Crippen LogP contribution in [0.3, 0.4) is 0 Å². The highest BCUT2D eigenvalue weighted by Crippen LogP contribution is 2.18. The van der Waals surface area contributed by atoms with Crippen molar-refractivity contribution in [3.05, 3.63) is 60.2 Å². The summed E-state index contributed by atoms with van der Waals surface area (Å²) in [6.45, 7) is 7.90. The Morgan fingerprint density at radius 2 is 1.61 bits per heavy atom. The standard InChI is InChI=1S/C25H31N3O4S/c1-18-9-11-21(12-10-18)26-23(29)17-33-20(3)25(31)32-19(2)24(30)28-15-13-27(14-16-28)22-7-5-4-6-8-22/h4-12,19-20H,13-17H2,1-3H3,(H,26,29)/t19-,20-/m1/s1. The van der Waals surface area contributed by atoms with Gasteiger partial charge in [0.2, 0.25) is 5.91 Å². The van der Waals surface area contributed by atoms with E-state index in [0.29, 0.717) is 18.8 Å². The number of piperazine rings is 1. The summed E-state index contributed by atoms with van der Waals surface area (Å²) in [6, 6.07) is 17.6. The number of anilines is 2. The van der Waals surface area contributed by atoms with Crippen molar-refractivity contribution in [3.63, 3.8) is 0 Å². The van der Waals surface area contributed by atoms with Gasteiger partial charge in [0, 0.05) is 37.6 Å².